The number of carbonyl (C=O) groups is 2. The zero-order valence-electron chi connectivity index (χ0n) is 21.0. The van der Waals surface area contributed by atoms with Crippen molar-refractivity contribution in [2.75, 3.05) is 18.1 Å². The zero-order chi connectivity index (χ0) is 26.6. The summed E-state index contributed by atoms with van der Waals surface area (Å²) >= 11 is 0. The van der Waals surface area contributed by atoms with Crippen LogP contribution in [0.1, 0.15) is 57.8 Å². The van der Waals surface area contributed by atoms with Crippen molar-refractivity contribution in [3.8, 4) is 5.75 Å². The normalized spacial score (nSPS) is 14.4. The van der Waals surface area contributed by atoms with E-state index in [1.165, 1.54) is 4.90 Å². The molecule has 38 heavy (non-hydrogen) atoms. The third-order valence-electron chi connectivity index (χ3n) is 6.43. The molecule has 1 unspecified atom stereocenters. The molecule has 7 heteroatoms. The number of unbranched alkanes of at least 4 members (excludes halogenated alkanes) is 1. The lowest BCUT2D eigenvalue weighted by Crippen LogP contribution is -2.29. The van der Waals surface area contributed by atoms with Gasteiger partial charge in [0.15, 0.2) is 5.43 Å². The quantitative estimate of drug-likeness (QED) is 0.155. The van der Waals surface area contributed by atoms with E-state index in [1.807, 2.05) is 19.1 Å². The SMILES string of the molecule is C=CCOc1cccc(C2c3c(oc4ccccc4c3=O)C(=O)N2c2ccc(C(=O)OCCCC)cc2)c1. The predicted octanol–water partition coefficient (Wildman–Crippen LogP) is 6.06. The molecule has 0 spiro atoms. The van der Waals surface area contributed by atoms with Gasteiger partial charge in [-0.25, -0.2) is 4.79 Å². The Kier molecular flexibility index (Phi) is 7.09. The standard InChI is InChI=1S/C31H27NO6/c1-3-5-18-37-31(35)20-13-15-22(16-14-20)32-27(21-9-8-10-23(19-21)36-17-4-2)26-28(33)24-11-6-7-12-25(24)38-29(26)30(32)34/h4,6-16,19,27H,2-3,5,17-18H2,1H3. The van der Waals surface area contributed by atoms with Crippen LogP contribution >= 0.6 is 0 Å². The van der Waals surface area contributed by atoms with Crippen LogP contribution in [0.15, 0.2) is 94.7 Å². The number of benzene rings is 3. The maximum absolute atomic E-state index is 13.8. The van der Waals surface area contributed by atoms with Gasteiger partial charge in [0.2, 0.25) is 5.76 Å². The van der Waals surface area contributed by atoms with Crippen molar-refractivity contribution in [3.63, 3.8) is 0 Å². The van der Waals surface area contributed by atoms with Crippen molar-refractivity contribution in [1.82, 2.24) is 0 Å². The molecule has 0 bridgehead atoms. The molecule has 5 rings (SSSR count). The van der Waals surface area contributed by atoms with Crippen molar-refractivity contribution < 1.29 is 23.5 Å². The van der Waals surface area contributed by atoms with E-state index in [2.05, 4.69) is 6.58 Å². The summed E-state index contributed by atoms with van der Waals surface area (Å²) in [5.41, 5.74) is 1.92. The Morgan fingerprint density at radius 2 is 1.84 bits per heavy atom. The lowest BCUT2D eigenvalue weighted by molar-refractivity contribution is 0.0499. The van der Waals surface area contributed by atoms with Gasteiger partial charge in [-0.3, -0.25) is 14.5 Å². The molecule has 2 heterocycles. The molecule has 0 radical (unpaired) electrons. The first-order valence-electron chi connectivity index (χ1n) is 12.5. The number of hydrogen-bond donors (Lipinski definition) is 0. The zero-order valence-corrected chi connectivity index (χ0v) is 21.0. The first-order valence-corrected chi connectivity index (χ1v) is 12.5. The Morgan fingerprint density at radius 3 is 2.61 bits per heavy atom. The van der Waals surface area contributed by atoms with Crippen LogP contribution in [0.25, 0.3) is 11.0 Å². The van der Waals surface area contributed by atoms with Crippen LogP contribution in [-0.4, -0.2) is 25.1 Å². The molecule has 192 valence electrons. The number of amides is 1. The minimum absolute atomic E-state index is 0.000773. The molecule has 0 saturated carbocycles. The van der Waals surface area contributed by atoms with Gasteiger partial charge in [0, 0.05) is 5.69 Å². The highest BCUT2D eigenvalue weighted by molar-refractivity contribution is 6.10. The first kappa shape index (κ1) is 25.0. The van der Waals surface area contributed by atoms with Crippen molar-refractivity contribution in [1.29, 1.82) is 0 Å². The molecule has 0 saturated heterocycles. The number of para-hydroxylation sites is 1. The number of carbonyl (C=O) groups excluding carboxylic acids is 2. The van der Waals surface area contributed by atoms with Gasteiger partial charge < -0.3 is 13.9 Å². The monoisotopic (exact) mass is 509 g/mol. The number of hydrogen-bond acceptors (Lipinski definition) is 6. The molecular formula is C31H27NO6. The lowest BCUT2D eigenvalue weighted by atomic mass is 9.98. The van der Waals surface area contributed by atoms with Crippen molar-refractivity contribution in [3.05, 3.63) is 118 Å². The fraction of sp³-hybridized carbons (Fsp3) is 0.194. The molecule has 1 amide bonds. The van der Waals surface area contributed by atoms with Crippen LogP contribution in [0.5, 0.6) is 5.75 Å². The minimum Gasteiger partial charge on any atom is -0.490 e. The summed E-state index contributed by atoms with van der Waals surface area (Å²) in [5, 5.41) is 0.398. The summed E-state index contributed by atoms with van der Waals surface area (Å²) in [4.78, 5) is 41.4. The lowest BCUT2D eigenvalue weighted by Gasteiger charge is -2.25. The highest BCUT2D eigenvalue weighted by Crippen LogP contribution is 2.42. The Bertz CT molecular complexity index is 1570. The highest BCUT2D eigenvalue weighted by atomic mass is 16.5. The number of rotatable bonds is 9. The first-order chi connectivity index (χ1) is 18.5. The van der Waals surface area contributed by atoms with Gasteiger partial charge in [-0.05, 0) is 60.5 Å². The summed E-state index contributed by atoms with van der Waals surface area (Å²) in [7, 11) is 0. The molecule has 0 fully saturated rings. The Hall–Kier alpha value is -4.65. The third kappa shape index (κ3) is 4.59. The summed E-state index contributed by atoms with van der Waals surface area (Å²) in [6.45, 7) is 6.37. The number of anilines is 1. The van der Waals surface area contributed by atoms with Crippen LogP contribution in [0, 0.1) is 0 Å². The van der Waals surface area contributed by atoms with Gasteiger partial charge in [0.1, 0.15) is 17.9 Å². The van der Waals surface area contributed by atoms with Crippen LogP contribution in [-0.2, 0) is 4.74 Å². The molecule has 4 aromatic rings. The molecule has 1 aliphatic rings. The number of ether oxygens (including phenoxy) is 2. The predicted molar refractivity (Wildman–Crippen MR) is 145 cm³/mol. The Labute approximate surface area is 219 Å². The molecule has 0 aliphatic carbocycles. The molecule has 3 aromatic carbocycles. The highest BCUT2D eigenvalue weighted by Gasteiger charge is 2.43. The second-order valence-electron chi connectivity index (χ2n) is 8.96. The average Bonchev–Trinajstić information content (AvgIpc) is 3.24. The molecule has 1 aliphatic heterocycles. The summed E-state index contributed by atoms with van der Waals surface area (Å²) < 4.78 is 17.0. The van der Waals surface area contributed by atoms with Crippen LogP contribution in [0.4, 0.5) is 5.69 Å². The third-order valence-corrected chi connectivity index (χ3v) is 6.43. The van der Waals surface area contributed by atoms with Gasteiger partial charge in [-0.15, -0.1) is 0 Å². The Morgan fingerprint density at radius 1 is 1.05 bits per heavy atom. The molecule has 0 N–H and O–H groups in total. The molecule has 7 nitrogen and oxygen atoms in total. The van der Waals surface area contributed by atoms with E-state index in [0.717, 1.165) is 12.8 Å². The number of fused-ring (bicyclic) bond motifs is 2. The van der Waals surface area contributed by atoms with E-state index in [-0.39, 0.29) is 16.8 Å². The number of esters is 1. The smallest absolute Gasteiger partial charge is 0.338 e. The number of nitrogens with zero attached hydrogens (tertiary/aromatic N) is 1. The van der Waals surface area contributed by atoms with Crippen LogP contribution in [0.2, 0.25) is 0 Å². The van der Waals surface area contributed by atoms with E-state index >= 15 is 0 Å². The van der Waals surface area contributed by atoms with Gasteiger partial charge in [0.25, 0.3) is 5.91 Å². The Balaban J connectivity index is 1.61. The van der Waals surface area contributed by atoms with Crippen molar-refractivity contribution in [2.24, 2.45) is 0 Å². The van der Waals surface area contributed by atoms with E-state index in [9.17, 15) is 14.4 Å². The van der Waals surface area contributed by atoms with E-state index in [4.69, 9.17) is 13.9 Å². The summed E-state index contributed by atoms with van der Waals surface area (Å²) in [5.74, 6) is -0.283. The molecule has 1 atom stereocenters. The maximum Gasteiger partial charge on any atom is 0.338 e. The van der Waals surface area contributed by atoms with Gasteiger partial charge in [-0.2, -0.15) is 0 Å². The van der Waals surface area contributed by atoms with Gasteiger partial charge in [-0.1, -0.05) is 50.3 Å². The van der Waals surface area contributed by atoms with E-state index in [1.54, 1.807) is 66.7 Å². The van der Waals surface area contributed by atoms with Crippen LogP contribution < -0.4 is 15.1 Å². The fourth-order valence-corrected chi connectivity index (χ4v) is 4.58. The van der Waals surface area contributed by atoms with E-state index < -0.39 is 17.9 Å². The van der Waals surface area contributed by atoms with E-state index in [0.29, 0.717) is 46.7 Å². The van der Waals surface area contributed by atoms with Gasteiger partial charge in [0.05, 0.1) is 29.2 Å². The van der Waals surface area contributed by atoms with Crippen molar-refractivity contribution in [2.45, 2.75) is 25.8 Å². The second kappa shape index (κ2) is 10.8. The molecule has 1 aromatic heterocycles. The summed E-state index contributed by atoms with van der Waals surface area (Å²) in [6.07, 6.45) is 3.35. The fourth-order valence-electron chi connectivity index (χ4n) is 4.58. The minimum atomic E-state index is -0.756. The van der Waals surface area contributed by atoms with Crippen LogP contribution in [0.3, 0.4) is 0 Å². The van der Waals surface area contributed by atoms with Crippen molar-refractivity contribution >= 4 is 28.5 Å². The maximum atomic E-state index is 13.8. The topological polar surface area (TPSA) is 86.0 Å². The summed E-state index contributed by atoms with van der Waals surface area (Å²) in [6, 6.07) is 20.0. The second-order valence-corrected chi connectivity index (χ2v) is 8.96. The van der Waals surface area contributed by atoms with Gasteiger partial charge >= 0.3 is 5.97 Å². The average molecular weight is 510 g/mol. The largest absolute Gasteiger partial charge is 0.490 e. The molecular weight excluding hydrogens is 482 g/mol.